The lowest BCUT2D eigenvalue weighted by atomic mass is 10.1. The minimum atomic E-state index is 0.259. The molecule has 1 aliphatic rings. The van der Waals surface area contributed by atoms with Gasteiger partial charge in [0.1, 0.15) is 5.75 Å². The summed E-state index contributed by atoms with van der Waals surface area (Å²) in [7, 11) is 1.60. The molecule has 5 heteroatoms. The Morgan fingerprint density at radius 1 is 1.33 bits per heavy atom. The molecule has 0 bridgehead atoms. The van der Waals surface area contributed by atoms with Crippen LogP contribution in [0, 0.1) is 0 Å². The number of carbonyl (C=O) groups is 1. The third-order valence-corrected chi connectivity index (χ3v) is 4.07. The van der Waals surface area contributed by atoms with E-state index in [1.54, 1.807) is 7.11 Å². The Morgan fingerprint density at radius 2 is 2.10 bits per heavy atom. The second kappa shape index (κ2) is 8.25. The Bertz CT molecular complexity index is 473. The fourth-order valence-electron chi connectivity index (χ4n) is 2.55. The first-order chi connectivity index (χ1) is 10.2. The number of hydrogen-bond acceptors (Lipinski definition) is 3. The van der Waals surface area contributed by atoms with Crippen LogP contribution in [0.3, 0.4) is 0 Å². The Kier molecular flexibility index (Phi) is 6.33. The first-order valence-electron chi connectivity index (χ1n) is 7.51. The highest BCUT2D eigenvalue weighted by molar-refractivity contribution is 6.32. The Balaban J connectivity index is 1.69. The van der Waals surface area contributed by atoms with Crippen molar-refractivity contribution in [3.05, 3.63) is 28.8 Å². The third kappa shape index (κ3) is 4.90. The van der Waals surface area contributed by atoms with Crippen LogP contribution in [0.15, 0.2) is 18.2 Å². The number of methoxy groups -OCH3 is 1. The number of likely N-dealkylation sites (tertiary alicyclic amines) is 1. The Hall–Kier alpha value is -1.26. The van der Waals surface area contributed by atoms with E-state index in [-0.39, 0.29) is 5.91 Å². The molecule has 0 spiro atoms. The van der Waals surface area contributed by atoms with E-state index < -0.39 is 0 Å². The molecule has 0 aromatic heterocycles. The first-order valence-corrected chi connectivity index (χ1v) is 7.89. The minimum Gasteiger partial charge on any atom is -0.495 e. The molecule has 0 atom stereocenters. The minimum absolute atomic E-state index is 0.259. The standard InChI is InChI=1S/C16H23ClN2O2/c1-21-15-6-5-13(11-14(15)17)12-18-8-7-16(20)19-9-3-2-4-10-19/h5-6,11,18H,2-4,7-10,12H2,1H3. The summed E-state index contributed by atoms with van der Waals surface area (Å²) >= 11 is 6.08. The van der Waals surface area contributed by atoms with Crippen molar-refractivity contribution in [2.45, 2.75) is 32.2 Å². The van der Waals surface area contributed by atoms with Crippen molar-refractivity contribution in [1.29, 1.82) is 0 Å². The predicted molar refractivity (Wildman–Crippen MR) is 84.8 cm³/mol. The summed E-state index contributed by atoms with van der Waals surface area (Å²) < 4.78 is 5.12. The maximum absolute atomic E-state index is 12.0. The second-order valence-electron chi connectivity index (χ2n) is 5.34. The summed E-state index contributed by atoms with van der Waals surface area (Å²) in [5, 5.41) is 3.90. The molecule has 1 aliphatic heterocycles. The quantitative estimate of drug-likeness (QED) is 0.822. The number of ether oxygens (including phenoxy) is 1. The molecule has 1 amide bonds. The maximum Gasteiger partial charge on any atom is 0.223 e. The van der Waals surface area contributed by atoms with Gasteiger partial charge in [-0.3, -0.25) is 4.79 Å². The second-order valence-corrected chi connectivity index (χ2v) is 5.74. The number of piperidine rings is 1. The van der Waals surface area contributed by atoms with Gasteiger partial charge in [0, 0.05) is 32.6 Å². The number of halogens is 1. The van der Waals surface area contributed by atoms with Crippen molar-refractivity contribution >= 4 is 17.5 Å². The highest BCUT2D eigenvalue weighted by Gasteiger charge is 2.15. The van der Waals surface area contributed by atoms with Crippen LogP contribution < -0.4 is 10.1 Å². The molecular formula is C16H23ClN2O2. The average molecular weight is 311 g/mol. The van der Waals surface area contributed by atoms with E-state index in [9.17, 15) is 4.79 Å². The van der Waals surface area contributed by atoms with Gasteiger partial charge in [0.15, 0.2) is 0 Å². The Labute approximate surface area is 131 Å². The molecule has 21 heavy (non-hydrogen) atoms. The average Bonchev–Trinajstić information content (AvgIpc) is 2.52. The zero-order chi connectivity index (χ0) is 15.1. The first kappa shape index (κ1) is 16.1. The van der Waals surface area contributed by atoms with Gasteiger partial charge >= 0.3 is 0 Å². The third-order valence-electron chi connectivity index (χ3n) is 3.77. The van der Waals surface area contributed by atoms with Gasteiger partial charge in [-0.15, -0.1) is 0 Å². The van der Waals surface area contributed by atoms with Gasteiger partial charge in [-0.25, -0.2) is 0 Å². The molecule has 4 nitrogen and oxygen atoms in total. The molecule has 0 radical (unpaired) electrons. The van der Waals surface area contributed by atoms with E-state index in [0.717, 1.165) is 31.5 Å². The van der Waals surface area contributed by atoms with E-state index in [1.165, 1.54) is 6.42 Å². The van der Waals surface area contributed by atoms with Crippen molar-refractivity contribution < 1.29 is 9.53 Å². The van der Waals surface area contributed by atoms with Gasteiger partial charge in [-0.2, -0.15) is 0 Å². The lowest BCUT2D eigenvalue weighted by molar-refractivity contribution is -0.131. The normalized spacial score (nSPS) is 15.0. The molecule has 116 valence electrons. The molecule has 1 N–H and O–H groups in total. The fraction of sp³-hybridized carbons (Fsp3) is 0.562. The molecule has 1 fully saturated rings. The van der Waals surface area contributed by atoms with Crippen LogP contribution in [0.1, 0.15) is 31.2 Å². The smallest absolute Gasteiger partial charge is 0.223 e. The van der Waals surface area contributed by atoms with Crippen molar-refractivity contribution in [2.24, 2.45) is 0 Å². The molecule has 1 aromatic rings. The van der Waals surface area contributed by atoms with Gasteiger partial charge in [0.05, 0.1) is 12.1 Å². The SMILES string of the molecule is COc1ccc(CNCCC(=O)N2CCCCC2)cc1Cl. The molecule has 1 saturated heterocycles. The number of nitrogens with zero attached hydrogens (tertiary/aromatic N) is 1. The molecule has 1 heterocycles. The van der Waals surface area contributed by atoms with Gasteiger partial charge < -0.3 is 15.0 Å². The van der Waals surface area contributed by atoms with Crippen LogP contribution in [0.5, 0.6) is 5.75 Å². The topological polar surface area (TPSA) is 41.6 Å². The van der Waals surface area contributed by atoms with Crippen LogP contribution in [0.2, 0.25) is 5.02 Å². The van der Waals surface area contributed by atoms with E-state index in [1.807, 2.05) is 23.1 Å². The highest BCUT2D eigenvalue weighted by Crippen LogP contribution is 2.24. The van der Waals surface area contributed by atoms with Crippen LogP contribution >= 0.6 is 11.6 Å². The predicted octanol–water partition coefficient (Wildman–Crippen LogP) is 2.84. The number of hydrogen-bond donors (Lipinski definition) is 1. The van der Waals surface area contributed by atoms with Gasteiger partial charge in [0.2, 0.25) is 5.91 Å². The molecule has 0 aliphatic carbocycles. The maximum atomic E-state index is 12.0. The van der Waals surface area contributed by atoms with Crippen molar-refractivity contribution in [3.63, 3.8) is 0 Å². The van der Waals surface area contributed by atoms with Crippen LogP contribution in [-0.2, 0) is 11.3 Å². The van der Waals surface area contributed by atoms with Crippen LogP contribution in [0.25, 0.3) is 0 Å². The largest absolute Gasteiger partial charge is 0.495 e. The summed E-state index contributed by atoms with van der Waals surface area (Å²) in [6, 6.07) is 5.72. The van der Waals surface area contributed by atoms with Crippen LogP contribution in [0.4, 0.5) is 0 Å². The number of amides is 1. The Morgan fingerprint density at radius 3 is 2.76 bits per heavy atom. The van der Waals surface area contributed by atoms with E-state index >= 15 is 0 Å². The molecule has 0 saturated carbocycles. The highest BCUT2D eigenvalue weighted by atomic mass is 35.5. The monoisotopic (exact) mass is 310 g/mol. The molecule has 2 rings (SSSR count). The zero-order valence-electron chi connectivity index (χ0n) is 12.5. The van der Waals surface area contributed by atoms with Crippen molar-refractivity contribution in [2.75, 3.05) is 26.7 Å². The van der Waals surface area contributed by atoms with E-state index in [2.05, 4.69) is 5.32 Å². The number of benzene rings is 1. The number of rotatable bonds is 6. The molecule has 1 aromatic carbocycles. The van der Waals surface area contributed by atoms with Crippen LogP contribution in [-0.4, -0.2) is 37.6 Å². The lowest BCUT2D eigenvalue weighted by Gasteiger charge is -2.26. The van der Waals surface area contributed by atoms with Crippen molar-refractivity contribution in [1.82, 2.24) is 10.2 Å². The van der Waals surface area contributed by atoms with E-state index in [4.69, 9.17) is 16.3 Å². The van der Waals surface area contributed by atoms with Gasteiger partial charge in [-0.05, 0) is 37.0 Å². The lowest BCUT2D eigenvalue weighted by Crippen LogP contribution is -2.37. The summed E-state index contributed by atoms with van der Waals surface area (Å²) in [6.07, 6.45) is 4.09. The van der Waals surface area contributed by atoms with Gasteiger partial charge in [-0.1, -0.05) is 17.7 Å². The van der Waals surface area contributed by atoms with E-state index in [0.29, 0.717) is 30.3 Å². The summed E-state index contributed by atoms with van der Waals surface area (Å²) in [5.74, 6) is 0.940. The molecular weight excluding hydrogens is 288 g/mol. The summed E-state index contributed by atoms with van der Waals surface area (Å²) in [5.41, 5.74) is 1.09. The summed E-state index contributed by atoms with van der Waals surface area (Å²) in [4.78, 5) is 14.0. The summed E-state index contributed by atoms with van der Waals surface area (Å²) in [6.45, 7) is 3.25. The van der Waals surface area contributed by atoms with Gasteiger partial charge in [0.25, 0.3) is 0 Å². The molecule has 0 unspecified atom stereocenters. The number of carbonyl (C=O) groups excluding carboxylic acids is 1. The fourth-order valence-corrected chi connectivity index (χ4v) is 2.83. The number of nitrogens with one attached hydrogen (secondary N) is 1. The zero-order valence-corrected chi connectivity index (χ0v) is 13.3. The van der Waals surface area contributed by atoms with Crippen molar-refractivity contribution in [3.8, 4) is 5.75 Å².